The summed E-state index contributed by atoms with van der Waals surface area (Å²) in [6.45, 7) is 3.62. The van der Waals surface area contributed by atoms with Crippen LogP contribution in [-0.2, 0) is 13.1 Å². The fraction of sp³-hybridized carbons (Fsp3) is 0.300. The maximum atomic E-state index is 10.3. The van der Waals surface area contributed by atoms with Crippen molar-refractivity contribution in [2.75, 3.05) is 0 Å². The van der Waals surface area contributed by atoms with Gasteiger partial charge in [0.25, 0.3) is 0 Å². The Morgan fingerprint density at radius 1 is 0.955 bits per heavy atom. The zero-order valence-corrected chi connectivity index (χ0v) is 13.0. The Kier molecular flexibility index (Phi) is 6.21. The first kappa shape index (κ1) is 16.3. The summed E-state index contributed by atoms with van der Waals surface area (Å²) in [5.74, 6) is 2.55. The van der Waals surface area contributed by atoms with Gasteiger partial charge < -0.3 is 5.11 Å². The van der Waals surface area contributed by atoms with Crippen molar-refractivity contribution in [1.29, 1.82) is 0 Å². The number of nitrogens with zero attached hydrogens (tertiary/aromatic N) is 1. The molecule has 0 aliphatic rings. The van der Waals surface area contributed by atoms with Gasteiger partial charge in [-0.1, -0.05) is 60.7 Å². The Balaban J connectivity index is 2.14. The molecule has 0 radical (unpaired) electrons. The van der Waals surface area contributed by atoms with E-state index in [-0.39, 0.29) is 6.04 Å². The van der Waals surface area contributed by atoms with Gasteiger partial charge in [-0.25, -0.2) is 0 Å². The molecule has 0 spiro atoms. The molecule has 0 amide bonds. The number of aliphatic hydroxyl groups excluding tert-OH is 1. The predicted molar refractivity (Wildman–Crippen MR) is 91.0 cm³/mol. The minimum atomic E-state index is -0.516. The molecule has 0 bridgehead atoms. The fourth-order valence-corrected chi connectivity index (χ4v) is 2.51. The van der Waals surface area contributed by atoms with E-state index < -0.39 is 6.10 Å². The van der Waals surface area contributed by atoms with Gasteiger partial charge in [-0.3, -0.25) is 4.90 Å². The number of terminal acetylenes is 1. The summed E-state index contributed by atoms with van der Waals surface area (Å²) in [6.07, 6.45) is 5.20. The molecule has 1 N–H and O–H groups in total. The van der Waals surface area contributed by atoms with Crippen LogP contribution >= 0.6 is 0 Å². The molecule has 2 aromatic rings. The summed E-state index contributed by atoms with van der Waals surface area (Å²) in [4.78, 5) is 2.27. The van der Waals surface area contributed by atoms with Gasteiger partial charge in [0.1, 0.15) is 0 Å². The number of aliphatic hydroxyl groups is 1. The van der Waals surface area contributed by atoms with E-state index in [1.807, 2.05) is 43.3 Å². The van der Waals surface area contributed by atoms with Crippen LogP contribution in [0, 0.1) is 12.3 Å². The molecule has 0 aliphatic carbocycles. The lowest BCUT2D eigenvalue weighted by Crippen LogP contribution is -2.40. The van der Waals surface area contributed by atoms with E-state index in [9.17, 15) is 5.11 Å². The van der Waals surface area contributed by atoms with Crippen LogP contribution in [0.3, 0.4) is 0 Å². The molecule has 2 rings (SSSR count). The van der Waals surface area contributed by atoms with Gasteiger partial charge in [0.15, 0.2) is 0 Å². The van der Waals surface area contributed by atoms with Gasteiger partial charge in [0.2, 0.25) is 0 Å². The third-order valence-corrected chi connectivity index (χ3v) is 3.92. The van der Waals surface area contributed by atoms with E-state index in [0.29, 0.717) is 6.42 Å². The summed E-state index contributed by atoms with van der Waals surface area (Å²) in [5.41, 5.74) is 2.47. The number of hydrogen-bond donors (Lipinski definition) is 1. The standard InChI is InChI=1S/C20H23NO/c1-3-10-20(22)17(2)21(15-18-11-6-4-7-12-18)16-19-13-8-5-9-14-19/h1,4-9,11-14,17,20,22H,10,15-16H2,2H3/t17-,20+/m0/s1. The first-order valence-corrected chi connectivity index (χ1v) is 7.64. The lowest BCUT2D eigenvalue weighted by molar-refractivity contribution is 0.0524. The maximum Gasteiger partial charge on any atom is 0.0801 e. The summed E-state index contributed by atoms with van der Waals surface area (Å²) >= 11 is 0. The molecule has 0 unspecified atom stereocenters. The van der Waals surface area contributed by atoms with Gasteiger partial charge in [-0.15, -0.1) is 12.3 Å². The van der Waals surface area contributed by atoms with Crippen LogP contribution in [0.1, 0.15) is 24.5 Å². The monoisotopic (exact) mass is 293 g/mol. The number of benzene rings is 2. The van der Waals surface area contributed by atoms with Crippen molar-refractivity contribution in [2.45, 2.75) is 38.6 Å². The molecule has 0 fully saturated rings. The maximum absolute atomic E-state index is 10.3. The second-order valence-electron chi connectivity index (χ2n) is 5.59. The Hall–Kier alpha value is -2.08. The van der Waals surface area contributed by atoms with Crippen LogP contribution in [0.5, 0.6) is 0 Å². The summed E-state index contributed by atoms with van der Waals surface area (Å²) in [7, 11) is 0. The van der Waals surface area contributed by atoms with Gasteiger partial charge >= 0.3 is 0 Å². The number of rotatable bonds is 7. The summed E-state index contributed by atoms with van der Waals surface area (Å²) in [6, 6.07) is 20.6. The van der Waals surface area contributed by atoms with Crippen LogP contribution in [0.15, 0.2) is 60.7 Å². The number of hydrogen-bond acceptors (Lipinski definition) is 2. The van der Waals surface area contributed by atoms with Gasteiger partial charge in [0.05, 0.1) is 6.10 Å². The zero-order valence-electron chi connectivity index (χ0n) is 13.0. The van der Waals surface area contributed by atoms with E-state index in [2.05, 4.69) is 35.1 Å². The van der Waals surface area contributed by atoms with E-state index in [4.69, 9.17) is 6.42 Å². The van der Waals surface area contributed by atoms with Crippen LogP contribution in [0.4, 0.5) is 0 Å². The van der Waals surface area contributed by atoms with Crippen molar-refractivity contribution >= 4 is 0 Å². The third kappa shape index (κ3) is 4.73. The van der Waals surface area contributed by atoms with Crippen LogP contribution in [0.2, 0.25) is 0 Å². The van der Waals surface area contributed by atoms with Crippen molar-refractivity contribution < 1.29 is 5.11 Å². The molecule has 0 aromatic heterocycles. The first-order chi connectivity index (χ1) is 10.7. The summed E-state index contributed by atoms with van der Waals surface area (Å²) < 4.78 is 0. The van der Waals surface area contributed by atoms with Gasteiger partial charge in [-0.2, -0.15) is 0 Å². The highest BCUT2D eigenvalue weighted by atomic mass is 16.3. The second-order valence-corrected chi connectivity index (χ2v) is 5.59. The van der Waals surface area contributed by atoms with Crippen molar-refractivity contribution in [3.8, 4) is 12.3 Å². The molecule has 0 heterocycles. The third-order valence-electron chi connectivity index (χ3n) is 3.92. The van der Waals surface area contributed by atoms with Crippen LogP contribution in [-0.4, -0.2) is 22.2 Å². The van der Waals surface area contributed by atoms with E-state index >= 15 is 0 Å². The summed E-state index contributed by atoms with van der Waals surface area (Å²) in [5, 5.41) is 10.3. The Morgan fingerprint density at radius 3 is 1.82 bits per heavy atom. The SMILES string of the molecule is C#CC[C@@H](O)[C@H](C)N(Cc1ccccc1)Cc1ccccc1. The molecule has 0 aliphatic heterocycles. The van der Waals surface area contributed by atoms with Gasteiger partial charge in [0, 0.05) is 25.6 Å². The fourth-order valence-electron chi connectivity index (χ4n) is 2.51. The predicted octanol–water partition coefficient (Wildman–Crippen LogP) is 3.46. The second kappa shape index (κ2) is 8.38. The largest absolute Gasteiger partial charge is 0.391 e. The quantitative estimate of drug-likeness (QED) is 0.790. The Bertz CT molecular complexity index is 547. The zero-order chi connectivity index (χ0) is 15.8. The molecule has 2 atom stereocenters. The molecular weight excluding hydrogens is 270 g/mol. The first-order valence-electron chi connectivity index (χ1n) is 7.64. The molecule has 0 saturated heterocycles. The van der Waals surface area contributed by atoms with Crippen molar-refractivity contribution in [2.24, 2.45) is 0 Å². The Morgan fingerprint density at radius 2 is 1.41 bits per heavy atom. The molecule has 0 saturated carbocycles. The van der Waals surface area contributed by atoms with Crippen molar-refractivity contribution in [1.82, 2.24) is 4.90 Å². The van der Waals surface area contributed by atoms with E-state index in [0.717, 1.165) is 13.1 Å². The minimum absolute atomic E-state index is 0.00328. The molecule has 2 heteroatoms. The van der Waals surface area contributed by atoms with Crippen molar-refractivity contribution in [3.63, 3.8) is 0 Å². The average Bonchev–Trinajstić information content (AvgIpc) is 2.56. The molecular formula is C20H23NO. The average molecular weight is 293 g/mol. The van der Waals surface area contributed by atoms with Gasteiger partial charge in [-0.05, 0) is 18.1 Å². The minimum Gasteiger partial charge on any atom is -0.391 e. The normalized spacial score (nSPS) is 13.5. The molecule has 114 valence electrons. The lowest BCUT2D eigenvalue weighted by atomic mass is 10.1. The van der Waals surface area contributed by atoms with E-state index in [1.165, 1.54) is 11.1 Å². The molecule has 22 heavy (non-hydrogen) atoms. The van der Waals surface area contributed by atoms with Crippen LogP contribution < -0.4 is 0 Å². The highest BCUT2D eigenvalue weighted by Gasteiger charge is 2.21. The lowest BCUT2D eigenvalue weighted by Gasteiger charge is -2.32. The van der Waals surface area contributed by atoms with E-state index in [1.54, 1.807) is 0 Å². The highest BCUT2D eigenvalue weighted by molar-refractivity contribution is 5.17. The smallest absolute Gasteiger partial charge is 0.0801 e. The topological polar surface area (TPSA) is 23.5 Å². The van der Waals surface area contributed by atoms with Crippen molar-refractivity contribution in [3.05, 3.63) is 71.8 Å². The molecule has 2 aromatic carbocycles. The Labute approximate surface area is 133 Å². The highest BCUT2D eigenvalue weighted by Crippen LogP contribution is 2.16. The van der Waals surface area contributed by atoms with Crippen LogP contribution in [0.25, 0.3) is 0 Å². The molecule has 2 nitrogen and oxygen atoms in total.